The van der Waals surface area contributed by atoms with Crippen molar-refractivity contribution in [2.75, 3.05) is 6.54 Å². The molecule has 0 saturated heterocycles. The van der Waals surface area contributed by atoms with E-state index in [0.29, 0.717) is 12.5 Å². The number of hydrogen-bond acceptors (Lipinski definition) is 2. The first-order valence-electron chi connectivity index (χ1n) is 5.03. The molecular formula is C10H21NO. The van der Waals surface area contributed by atoms with E-state index in [-0.39, 0.29) is 11.5 Å². The largest absolute Gasteiger partial charge is 0.393 e. The van der Waals surface area contributed by atoms with Crippen molar-refractivity contribution in [2.24, 2.45) is 17.1 Å². The molecule has 2 atom stereocenters. The predicted molar refractivity (Wildman–Crippen MR) is 50.8 cm³/mol. The number of aliphatic hydroxyl groups is 1. The van der Waals surface area contributed by atoms with Crippen molar-refractivity contribution in [1.82, 2.24) is 0 Å². The first kappa shape index (κ1) is 10.0. The van der Waals surface area contributed by atoms with E-state index in [1.165, 1.54) is 19.3 Å². The number of nitrogens with two attached hydrogens (primary N) is 1. The highest BCUT2D eigenvalue weighted by Crippen LogP contribution is 2.44. The molecule has 0 heterocycles. The highest BCUT2D eigenvalue weighted by molar-refractivity contribution is 4.92. The Hall–Kier alpha value is -0.0800. The van der Waals surface area contributed by atoms with Crippen molar-refractivity contribution in [1.29, 1.82) is 0 Å². The van der Waals surface area contributed by atoms with E-state index in [4.69, 9.17) is 5.73 Å². The van der Waals surface area contributed by atoms with Crippen LogP contribution >= 0.6 is 0 Å². The third kappa shape index (κ3) is 1.50. The molecule has 2 unspecified atom stereocenters. The predicted octanol–water partition coefficient (Wildman–Crippen LogP) is 1.52. The molecule has 12 heavy (non-hydrogen) atoms. The van der Waals surface area contributed by atoms with Crippen LogP contribution in [0.25, 0.3) is 0 Å². The number of hydrogen-bond donors (Lipinski definition) is 2. The van der Waals surface area contributed by atoms with Crippen LogP contribution in [0.5, 0.6) is 0 Å². The highest BCUT2D eigenvalue weighted by Gasteiger charge is 2.41. The topological polar surface area (TPSA) is 46.2 Å². The molecule has 0 aliphatic heterocycles. The van der Waals surface area contributed by atoms with E-state index in [2.05, 4.69) is 6.92 Å². The molecule has 0 aromatic carbocycles. The summed E-state index contributed by atoms with van der Waals surface area (Å²) in [6.07, 6.45) is 4.43. The molecule has 1 aliphatic rings. The van der Waals surface area contributed by atoms with Gasteiger partial charge in [-0.15, -0.1) is 0 Å². The summed E-state index contributed by atoms with van der Waals surface area (Å²) in [4.78, 5) is 0. The molecule has 0 bridgehead atoms. The summed E-state index contributed by atoms with van der Waals surface area (Å²) < 4.78 is 0. The van der Waals surface area contributed by atoms with Gasteiger partial charge in [0.25, 0.3) is 0 Å². The highest BCUT2D eigenvalue weighted by atomic mass is 16.3. The zero-order valence-corrected chi connectivity index (χ0v) is 8.21. The van der Waals surface area contributed by atoms with Crippen molar-refractivity contribution in [3.05, 3.63) is 0 Å². The second-order valence-corrected chi connectivity index (χ2v) is 4.26. The van der Waals surface area contributed by atoms with Crippen molar-refractivity contribution < 1.29 is 5.11 Å². The maximum atomic E-state index is 9.83. The SMILES string of the molecule is CCC(O)C(C)(CN)C1CCC1. The van der Waals surface area contributed by atoms with E-state index in [9.17, 15) is 5.11 Å². The average molecular weight is 171 g/mol. The second kappa shape index (κ2) is 3.75. The lowest BCUT2D eigenvalue weighted by Crippen LogP contribution is -2.47. The first-order valence-corrected chi connectivity index (χ1v) is 5.03. The van der Waals surface area contributed by atoms with Crippen LogP contribution in [0.15, 0.2) is 0 Å². The molecule has 0 radical (unpaired) electrons. The summed E-state index contributed by atoms with van der Waals surface area (Å²) in [5, 5.41) is 9.83. The minimum atomic E-state index is -0.215. The van der Waals surface area contributed by atoms with Crippen LogP contribution in [0.4, 0.5) is 0 Å². The Balaban J connectivity index is 2.59. The minimum absolute atomic E-state index is 0.0208. The summed E-state index contributed by atoms with van der Waals surface area (Å²) in [7, 11) is 0. The Morgan fingerprint density at radius 1 is 1.58 bits per heavy atom. The maximum Gasteiger partial charge on any atom is 0.0605 e. The van der Waals surface area contributed by atoms with Gasteiger partial charge in [-0.1, -0.05) is 20.3 Å². The molecule has 1 fully saturated rings. The van der Waals surface area contributed by atoms with Gasteiger partial charge in [-0.3, -0.25) is 0 Å². The molecule has 0 aromatic rings. The molecule has 1 aliphatic carbocycles. The van der Waals surface area contributed by atoms with Crippen LogP contribution in [0, 0.1) is 11.3 Å². The summed E-state index contributed by atoms with van der Waals surface area (Å²) in [6, 6.07) is 0. The molecule has 2 nitrogen and oxygen atoms in total. The molecule has 1 saturated carbocycles. The smallest absolute Gasteiger partial charge is 0.0605 e. The van der Waals surface area contributed by atoms with Crippen LogP contribution in [0.3, 0.4) is 0 Å². The van der Waals surface area contributed by atoms with Gasteiger partial charge in [-0.2, -0.15) is 0 Å². The summed E-state index contributed by atoms with van der Waals surface area (Å²) in [6.45, 7) is 4.77. The third-order valence-corrected chi connectivity index (χ3v) is 3.63. The first-order chi connectivity index (χ1) is 5.65. The van der Waals surface area contributed by atoms with Crippen molar-refractivity contribution in [3.8, 4) is 0 Å². The molecule has 0 spiro atoms. The monoisotopic (exact) mass is 171 g/mol. The average Bonchev–Trinajstić information content (AvgIpc) is 1.99. The summed E-state index contributed by atoms with van der Waals surface area (Å²) >= 11 is 0. The van der Waals surface area contributed by atoms with E-state index in [1.54, 1.807) is 0 Å². The lowest BCUT2D eigenvalue weighted by atomic mass is 9.63. The van der Waals surface area contributed by atoms with Crippen molar-refractivity contribution >= 4 is 0 Å². The Bertz CT molecular complexity index is 138. The number of rotatable bonds is 4. The van der Waals surface area contributed by atoms with Crippen molar-refractivity contribution in [2.45, 2.75) is 45.6 Å². The molecule has 72 valence electrons. The molecule has 0 aromatic heterocycles. The summed E-state index contributed by atoms with van der Waals surface area (Å²) in [5.74, 6) is 0.664. The normalized spacial score (nSPS) is 26.0. The Labute approximate surface area is 75.2 Å². The van der Waals surface area contributed by atoms with E-state index in [0.717, 1.165) is 6.42 Å². The van der Waals surface area contributed by atoms with Crippen LogP contribution in [0.1, 0.15) is 39.5 Å². The second-order valence-electron chi connectivity index (χ2n) is 4.26. The molecule has 2 heteroatoms. The van der Waals surface area contributed by atoms with Gasteiger partial charge in [0.1, 0.15) is 0 Å². The lowest BCUT2D eigenvalue weighted by molar-refractivity contribution is -0.0308. The molecular weight excluding hydrogens is 150 g/mol. The van der Waals surface area contributed by atoms with Gasteiger partial charge in [0, 0.05) is 12.0 Å². The van der Waals surface area contributed by atoms with E-state index >= 15 is 0 Å². The van der Waals surface area contributed by atoms with E-state index in [1.807, 2.05) is 6.92 Å². The Morgan fingerprint density at radius 2 is 2.17 bits per heavy atom. The van der Waals surface area contributed by atoms with E-state index < -0.39 is 0 Å². The lowest BCUT2D eigenvalue weighted by Gasteiger charge is -2.45. The van der Waals surface area contributed by atoms with Gasteiger partial charge in [0.2, 0.25) is 0 Å². The van der Waals surface area contributed by atoms with Crippen LogP contribution in [-0.2, 0) is 0 Å². The minimum Gasteiger partial charge on any atom is -0.393 e. The van der Waals surface area contributed by atoms with Gasteiger partial charge >= 0.3 is 0 Å². The molecule has 3 N–H and O–H groups in total. The fourth-order valence-corrected chi connectivity index (χ4v) is 2.11. The van der Waals surface area contributed by atoms with Crippen LogP contribution in [-0.4, -0.2) is 17.8 Å². The van der Waals surface area contributed by atoms with Crippen LogP contribution in [0.2, 0.25) is 0 Å². The van der Waals surface area contributed by atoms with Gasteiger partial charge in [0.15, 0.2) is 0 Å². The van der Waals surface area contributed by atoms with Gasteiger partial charge in [-0.05, 0) is 25.2 Å². The van der Waals surface area contributed by atoms with Gasteiger partial charge < -0.3 is 10.8 Å². The zero-order chi connectivity index (χ0) is 9.19. The molecule has 1 rings (SSSR count). The van der Waals surface area contributed by atoms with Crippen molar-refractivity contribution in [3.63, 3.8) is 0 Å². The quantitative estimate of drug-likeness (QED) is 0.673. The molecule has 0 amide bonds. The number of aliphatic hydroxyl groups excluding tert-OH is 1. The summed E-state index contributed by atoms with van der Waals surface area (Å²) in [5.41, 5.74) is 5.71. The van der Waals surface area contributed by atoms with Gasteiger partial charge in [-0.25, -0.2) is 0 Å². The van der Waals surface area contributed by atoms with Crippen LogP contribution < -0.4 is 5.73 Å². The maximum absolute atomic E-state index is 9.83. The fourth-order valence-electron chi connectivity index (χ4n) is 2.11. The van der Waals surface area contributed by atoms with Gasteiger partial charge in [0.05, 0.1) is 6.10 Å². The fraction of sp³-hybridized carbons (Fsp3) is 1.00. The Morgan fingerprint density at radius 3 is 2.42 bits per heavy atom. The Kier molecular flexibility index (Phi) is 3.13. The third-order valence-electron chi connectivity index (χ3n) is 3.63. The zero-order valence-electron chi connectivity index (χ0n) is 8.21. The standard InChI is InChI=1S/C10H21NO/c1-3-9(12)10(2,7-11)8-5-4-6-8/h8-9,12H,3-7,11H2,1-2H3.